The lowest BCUT2D eigenvalue weighted by molar-refractivity contribution is -0.117. The molecule has 1 aromatic heterocycles. The third-order valence-corrected chi connectivity index (χ3v) is 5.10. The molecule has 0 unspecified atom stereocenters. The summed E-state index contributed by atoms with van der Waals surface area (Å²) in [6, 6.07) is 14.2. The van der Waals surface area contributed by atoms with E-state index in [1.165, 1.54) is 11.6 Å². The quantitative estimate of drug-likeness (QED) is 0.511. The number of para-hydroxylation sites is 1. The van der Waals surface area contributed by atoms with Crippen molar-refractivity contribution in [2.75, 3.05) is 12.8 Å². The highest BCUT2D eigenvalue weighted by Crippen LogP contribution is 2.21. The van der Waals surface area contributed by atoms with E-state index in [9.17, 15) is 14.4 Å². The second-order valence-corrected chi connectivity index (χ2v) is 6.93. The second kappa shape index (κ2) is 8.71. The van der Waals surface area contributed by atoms with Gasteiger partial charge in [0.1, 0.15) is 0 Å². The normalized spacial score (nSPS) is 10.6. The van der Waals surface area contributed by atoms with Crippen LogP contribution in [0.2, 0.25) is 0 Å². The van der Waals surface area contributed by atoms with Gasteiger partial charge in [-0.25, -0.2) is 9.78 Å². The second-order valence-electron chi connectivity index (χ2n) is 5.99. The number of carbonyl (C=O) groups is 2. The van der Waals surface area contributed by atoms with Gasteiger partial charge in [-0.1, -0.05) is 43.0 Å². The lowest BCUT2D eigenvalue weighted by Gasteiger charge is -2.13. The molecule has 3 amide bonds. The molecule has 0 fully saturated rings. The molecule has 28 heavy (non-hydrogen) atoms. The average molecular weight is 396 g/mol. The van der Waals surface area contributed by atoms with Crippen molar-refractivity contribution in [1.82, 2.24) is 20.2 Å². The highest BCUT2D eigenvalue weighted by Gasteiger charge is 2.15. The van der Waals surface area contributed by atoms with Gasteiger partial charge in [0, 0.05) is 7.05 Å². The molecule has 144 valence electrons. The van der Waals surface area contributed by atoms with E-state index in [4.69, 9.17) is 0 Å². The predicted molar refractivity (Wildman–Crippen MR) is 110 cm³/mol. The number of urea groups is 1. The molecule has 3 rings (SSSR count). The van der Waals surface area contributed by atoms with Gasteiger partial charge in [-0.3, -0.25) is 19.5 Å². The zero-order chi connectivity index (χ0) is 20.1. The maximum atomic E-state index is 13.1. The van der Waals surface area contributed by atoms with Crippen LogP contribution in [0.15, 0.2) is 58.5 Å². The summed E-state index contributed by atoms with van der Waals surface area (Å²) < 4.78 is 1.50. The van der Waals surface area contributed by atoms with Crippen molar-refractivity contribution in [2.24, 2.45) is 0 Å². The van der Waals surface area contributed by atoms with E-state index < -0.39 is 11.9 Å². The van der Waals surface area contributed by atoms with Crippen molar-refractivity contribution in [2.45, 2.75) is 18.5 Å². The Kier molecular flexibility index (Phi) is 6.10. The summed E-state index contributed by atoms with van der Waals surface area (Å²) in [4.78, 5) is 40.9. The number of imide groups is 1. The average Bonchev–Trinajstić information content (AvgIpc) is 2.72. The highest BCUT2D eigenvalue weighted by molar-refractivity contribution is 7.99. The first kappa shape index (κ1) is 19.6. The van der Waals surface area contributed by atoms with Gasteiger partial charge >= 0.3 is 6.03 Å². The lowest BCUT2D eigenvalue weighted by Crippen LogP contribution is -2.38. The van der Waals surface area contributed by atoms with Crippen LogP contribution in [0.25, 0.3) is 16.6 Å². The molecule has 0 bridgehead atoms. The molecule has 3 aromatic rings. The summed E-state index contributed by atoms with van der Waals surface area (Å²) in [6.45, 7) is 2.06. The third-order valence-electron chi connectivity index (χ3n) is 4.16. The van der Waals surface area contributed by atoms with E-state index in [1.807, 2.05) is 30.3 Å². The fraction of sp³-hybridized carbons (Fsp3) is 0.200. The fourth-order valence-corrected chi connectivity index (χ4v) is 3.49. The van der Waals surface area contributed by atoms with Gasteiger partial charge in [-0.2, -0.15) is 0 Å². The van der Waals surface area contributed by atoms with E-state index in [1.54, 1.807) is 18.2 Å². The van der Waals surface area contributed by atoms with Crippen molar-refractivity contribution in [1.29, 1.82) is 0 Å². The van der Waals surface area contributed by atoms with Gasteiger partial charge in [0.2, 0.25) is 5.91 Å². The molecule has 7 nitrogen and oxygen atoms in total. The zero-order valence-corrected chi connectivity index (χ0v) is 16.4. The van der Waals surface area contributed by atoms with Crippen LogP contribution in [0.1, 0.15) is 12.5 Å². The van der Waals surface area contributed by atoms with Crippen molar-refractivity contribution < 1.29 is 9.59 Å². The number of nitrogens with zero attached hydrogens (tertiary/aromatic N) is 2. The molecule has 0 spiro atoms. The lowest BCUT2D eigenvalue weighted by atomic mass is 10.1. The van der Waals surface area contributed by atoms with E-state index in [0.29, 0.717) is 21.7 Å². The van der Waals surface area contributed by atoms with Gasteiger partial charge in [0.15, 0.2) is 5.16 Å². The molecule has 1 heterocycles. The molecule has 0 aliphatic rings. The van der Waals surface area contributed by atoms with Crippen molar-refractivity contribution in [3.05, 3.63) is 64.4 Å². The Hall–Kier alpha value is -3.13. The Morgan fingerprint density at radius 1 is 1.11 bits per heavy atom. The molecule has 2 N–H and O–H groups in total. The molecule has 0 aliphatic heterocycles. The van der Waals surface area contributed by atoms with Crippen LogP contribution < -0.4 is 16.2 Å². The number of amides is 3. The number of aromatic nitrogens is 2. The van der Waals surface area contributed by atoms with E-state index in [-0.39, 0.29) is 11.3 Å². The number of aryl methyl sites for hydroxylation is 1. The molecule has 0 aliphatic carbocycles. The molecule has 0 saturated heterocycles. The molecule has 0 radical (unpaired) electrons. The standard InChI is InChI=1S/C20H20N4O3S/c1-3-13-8-10-14(11-9-13)24-18(26)15-6-4-5-7-16(15)22-20(24)28-12-17(25)23-19(27)21-2/h4-11H,3,12H2,1-2H3,(H2,21,23,25,27). The van der Waals surface area contributed by atoms with Gasteiger partial charge in [0.05, 0.1) is 22.3 Å². The number of nitrogens with one attached hydrogen (secondary N) is 2. The first-order valence-corrected chi connectivity index (χ1v) is 9.77. The molecular formula is C20H20N4O3S. The van der Waals surface area contributed by atoms with Gasteiger partial charge in [0.25, 0.3) is 5.56 Å². The largest absolute Gasteiger partial charge is 0.341 e. The smallest absolute Gasteiger partial charge is 0.321 e. The van der Waals surface area contributed by atoms with Crippen LogP contribution >= 0.6 is 11.8 Å². The minimum atomic E-state index is -0.579. The Morgan fingerprint density at radius 3 is 2.50 bits per heavy atom. The Morgan fingerprint density at radius 2 is 1.82 bits per heavy atom. The summed E-state index contributed by atoms with van der Waals surface area (Å²) in [5, 5.41) is 5.42. The molecule has 8 heteroatoms. The SMILES string of the molecule is CCc1ccc(-n2c(SCC(=O)NC(=O)NC)nc3ccccc3c2=O)cc1. The summed E-state index contributed by atoms with van der Waals surface area (Å²) in [7, 11) is 1.43. The molecule has 0 atom stereocenters. The van der Waals surface area contributed by atoms with Gasteiger partial charge < -0.3 is 5.32 Å². The first-order valence-electron chi connectivity index (χ1n) is 8.79. The van der Waals surface area contributed by atoms with Crippen LogP contribution in [0.4, 0.5) is 4.79 Å². The van der Waals surface area contributed by atoms with Crippen molar-refractivity contribution in [3.8, 4) is 5.69 Å². The number of hydrogen-bond acceptors (Lipinski definition) is 5. The summed E-state index contributed by atoms with van der Waals surface area (Å²) in [5.41, 5.74) is 2.19. The zero-order valence-electron chi connectivity index (χ0n) is 15.6. The third kappa shape index (κ3) is 4.23. The maximum Gasteiger partial charge on any atom is 0.321 e. The van der Waals surface area contributed by atoms with Crippen molar-refractivity contribution in [3.63, 3.8) is 0 Å². The summed E-state index contributed by atoms with van der Waals surface area (Å²) in [6.07, 6.45) is 0.895. The highest BCUT2D eigenvalue weighted by atomic mass is 32.2. The van der Waals surface area contributed by atoms with E-state index in [2.05, 4.69) is 22.5 Å². The fourth-order valence-electron chi connectivity index (χ4n) is 2.67. The predicted octanol–water partition coefficient (Wildman–Crippen LogP) is 2.50. The molecular weight excluding hydrogens is 376 g/mol. The molecule has 0 saturated carbocycles. The number of benzene rings is 2. The van der Waals surface area contributed by atoms with Crippen LogP contribution in [0, 0.1) is 0 Å². The number of hydrogen-bond donors (Lipinski definition) is 2. The molecule has 2 aromatic carbocycles. The van der Waals surface area contributed by atoms with Gasteiger partial charge in [-0.05, 0) is 36.2 Å². The Labute approximate surface area is 166 Å². The number of rotatable bonds is 5. The topological polar surface area (TPSA) is 93.1 Å². The number of carbonyl (C=O) groups excluding carboxylic acids is 2. The van der Waals surface area contributed by atoms with Crippen LogP contribution in [-0.4, -0.2) is 34.3 Å². The number of fused-ring (bicyclic) bond motifs is 1. The Balaban J connectivity index is 2.02. The van der Waals surface area contributed by atoms with Crippen molar-refractivity contribution >= 4 is 34.6 Å². The van der Waals surface area contributed by atoms with Crippen LogP contribution in [0.3, 0.4) is 0 Å². The number of thioether (sulfide) groups is 1. The van der Waals surface area contributed by atoms with Crippen LogP contribution in [0.5, 0.6) is 0 Å². The van der Waals surface area contributed by atoms with Crippen LogP contribution in [-0.2, 0) is 11.2 Å². The summed E-state index contributed by atoms with van der Waals surface area (Å²) >= 11 is 1.10. The van der Waals surface area contributed by atoms with E-state index in [0.717, 1.165) is 23.7 Å². The maximum absolute atomic E-state index is 13.1. The monoisotopic (exact) mass is 396 g/mol. The van der Waals surface area contributed by atoms with Gasteiger partial charge in [-0.15, -0.1) is 0 Å². The Bertz CT molecular complexity index is 1080. The minimum Gasteiger partial charge on any atom is -0.341 e. The van der Waals surface area contributed by atoms with E-state index >= 15 is 0 Å². The summed E-state index contributed by atoms with van der Waals surface area (Å²) in [5.74, 6) is -0.523. The first-order chi connectivity index (χ1) is 13.5. The minimum absolute atomic E-state index is 0.0504.